The highest BCUT2D eigenvalue weighted by Crippen LogP contribution is 2.68. The van der Waals surface area contributed by atoms with E-state index in [0.29, 0.717) is 6.04 Å². The van der Waals surface area contributed by atoms with E-state index in [-0.39, 0.29) is 0 Å². The Morgan fingerprint density at radius 2 is 2.11 bits per heavy atom. The maximum Gasteiger partial charge on any atom is 0.123 e. The van der Waals surface area contributed by atoms with E-state index in [2.05, 4.69) is 59.1 Å². The molecule has 0 N–H and O–H groups in total. The Kier molecular flexibility index (Phi) is 2.79. The lowest BCUT2D eigenvalue weighted by molar-refractivity contribution is 0.375. The second-order valence-corrected chi connectivity index (χ2v) is 8.18. The van der Waals surface area contributed by atoms with Crippen LogP contribution in [0.1, 0.15) is 37.9 Å². The molecule has 19 heavy (non-hydrogen) atoms. The summed E-state index contributed by atoms with van der Waals surface area (Å²) >= 11 is 2.36. The van der Waals surface area contributed by atoms with Crippen LogP contribution in [0.3, 0.4) is 0 Å². The summed E-state index contributed by atoms with van der Waals surface area (Å²) in [5.74, 6) is 4.69. The minimum absolute atomic E-state index is 0.488. The van der Waals surface area contributed by atoms with Crippen LogP contribution in [0, 0.1) is 27.4 Å². The van der Waals surface area contributed by atoms with Crippen molar-refractivity contribution in [2.45, 2.75) is 32.2 Å². The molecule has 0 amide bonds. The third-order valence-corrected chi connectivity index (χ3v) is 6.07. The summed E-state index contributed by atoms with van der Waals surface area (Å²) < 4.78 is 3.43. The van der Waals surface area contributed by atoms with Crippen LogP contribution in [0.2, 0.25) is 0 Å². The highest BCUT2D eigenvalue weighted by Gasteiger charge is 2.64. The van der Waals surface area contributed by atoms with Gasteiger partial charge in [-0.05, 0) is 79.6 Å². The van der Waals surface area contributed by atoms with Crippen molar-refractivity contribution < 1.29 is 0 Å². The molecule has 2 aliphatic carbocycles. The number of aromatic nitrogens is 2. The van der Waals surface area contributed by atoms with Gasteiger partial charge in [0.2, 0.25) is 0 Å². The van der Waals surface area contributed by atoms with E-state index in [1.54, 1.807) is 0 Å². The summed E-state index contributed by atoms with van der Waals surface area (Å²) in [5, 5.41) is 4.69. The average Bonchev–Trinajstić information content (AvgIpc) is 2.62. The van der Waals surface area contributed by atoms with Crippen LogP contribution in [-0.2, 0) is 0 Å². The number of hydrogen-bond donors (Lipinski definition) is 0. The molecule has 0 bridgehead atoms. The zero-order valence-electron chi connectivity index (χ0n) is 11.9. The van der Waals surface area contributed by atoms with Gasteiger partial charge in [0.25, 0.3) is 0 Å². The molecule has 3 nitrogen and oxygen atoms in total. The molecule has 3 aliphatic rings. The fraction of sp³-hybridized carbons (Fsp3) is 0.800. The van der Waals surface area contributed by atoms with Crippen molar-refractivity contribution in [3.63, 3.8) is 0 Å². The summed E-state index contributed by atoms with van der Waals surface area (Å²) in [6, 6.07) is 2.82. The van der Waals surface area contributed by atoms with Gasteiger partial charge in [0.1, 0.15) is 3.70 Å². The number of nitrogens with zero attached hydrogens (tertiary/aromatic N) is 3. The van der Waals surface area contributed by atoms with Gasteiger partial charge in [0, 0.05) is 30.7 Å². The first kappa shape index (κ1) is 12.6. The second-order valence-electron chi connectivity index (χ2n) is 7.08. The van der Waals surface area contributed by atoms with E-state index < -0.39 is 0 Å². The first-order chi connectivity index (χ1) is 9.06. The van der Waals surface area contributed by atoms with Crippen molar-refractivity contribution in [1.82, 2.24) is 14.7 Å². The molecule has 104 valence electrons. The highest BCUT2D eigenvalue weighted by atomic mass is 127. The summed E-state index contributed by atoms with van der Waals surface area (Å²) in [4.78, 5) is 2.53. The molecule has 1 saturated heterocycles. The van der Waals surface area contributed by atoms with Gasteiger partial charge in [0.15, 0.2) is 0 Å². The van der Waals surface area contributed by atoms with Gasteiger partial charge >= 0.3 is 0 Å². The lowest BCUT2D eigenvalue weighted by Crippen LogP contribution is -2.15. The topological polar surface area (TPSA) is 21.1 Å². The van der Waals surface area contributed by atoms with Crippen molar-refractivity contribution in [3.8, 4) is 0 Å². The van der Waals surface area contributed by atoms with Crippen LogP contribution in [0.4, 0.5) is 0 Å². The number of likely N-dealkylation sites (tertiary alicyclic amines) is 1. The van der Waals surface area contributed by atoms with E-state index in [1.807, 2.05) is 0 Å². The minimum atomic E-state index is 0.488. The molecule has 5 atom stereocenters. The third-order valence-electron chi connectivity index (χ3n) is 5.54. The summed E-state index contributed by atoms with van der Waals surface area (Å²) in [5.41, 5.74) is 1.52. The average molecular weight is 371 g/mol. The van der Waals surface area contributed by atoms with Crippen LogP contribution >= 0.6 is 22.6 Å². The molecule has 1 aromatic heterocycles. The Labute approximate surface area is 128 Å². The Morgan fingerprint density at radius 3 is 2.84 bits per heavy atom. The minimum Gasteiger partial charge on any atom is -0.306 e. The molecule has 0 aromatic carbocycles. The van der Waals surface area contributed by atoms with Gasteiger partial charge in [-0.3, -0.25) is 4.68 Å². The molecule has 0 radical (unpaired) electrons. The van der Waals surface area contributed by atoms with Crippen molar-refractivity contribution in [1.29, 1.82) is 0 Å². The van der Waals surface area contributed by atoms with Crippen molar-refractivity contribution in [2.75, 3.05) is 20.1 Å². The van der Waals surface area contributed by atoms with Crippen LogP contribution in [0.25, 0.3) is 0 Å². The van der Waals surface area contributed by atoms with E-state index in [0.717, 1.165) is 33.3 Å². The standard InChI is InChI=1S/C15H22IN3/c1-8(2)19-12(5-13(16)17-19)15-10-4-9-6-18(3)7-11(9)14(10)15/h5,8-11,14-15H,4,6-7H2,1-3H3/t9?,10-,11?,14-,15-/m1/s1. The maximum atomic E-state index is 4.69. The highest BCUT2D eigenvalue weighted by molar-refractivity contribution is 14.1. The quantitative estimate of drug-likeness (QED) is 0.746. The van der Waals surface area contributed by atoms with Crippen LogP contribution in [0.5, 0.6) is 0 Å². The number of hydrogen-bond acceptors (Lipinski definition) is 2. The monoisotopic (exact) mass is 371 g/mol. The summed E-state index contributed by atoms with van der Waals surface area (Å²) in [7, 11) is 2.28. The first-order valence-corrected chi connectivity index (χ1v) is 8.57. The molecule has 4 rings (SSSR count). The molecular formula is C15H22IN3. The zero-order chi connectivity index (χ0) is 13.3. The third kappa shape index (κ3) is 1.82. The van der Waals surface area contributed by atoms with Gasteiger partial charge in [-0.1, -0.05) is 0 Å². The van der Waals surface area contributed by atoms with E-state index in [9.17, 15) is 0 Å². The molecule has 3 fully saturated rings. The molecule has 2 heterocycles. The fourth-order valence-corrected chi connectivity index (χ4v) is 5.45. The van der Waals surface area contributed by atoms with E-state index in [4.69, 9.17) is 5.10 Å². The van der Waals surface area contributed by atoms with Gasteiger partial charge < -0.3 is 4.90 Å². The number of rotatable bonds is 2. The molecular weight excluding hydrogens is 349 g/mol. The smallest absolute Gasteiger partial charge is 0.123 e. The number of halogens is 1. The Morgan fingerprint density at radius 1 is 1.32 bits per heavy atom. The zero-order valence-corrected chi connectivity index (χ0v) is 14.0. The van der Waals surface area contributed by atoms with Crippen molar-refractivity contribution >= 4 is 22.6 Å². The van der Waals surface area contributed by atoms with E-state index >= 15 is 0 Å². The van der Waals surface area contributed by atoms with Crippen molar-refractivity contribution in [3.05, 3.63) is 15.5 Å². The Hall–Kier alpha value is -0.100. The summed E-state index contributed by atoms with van der Waals surface area (Å²) in [6.07, 6.45) is 1.46. The molecule has 4 heteroatoms. The lowest BCUT2D eigenvalue weighted by atomic mass is 9.91. The Bertz CT molecular complexity index is 509. The molecule has 2 unspecified atom stereocenters. The SMILES string of the molecule is CC(C)n1nc(I)cc1[C@H]1[C@@H]2CC3CN(C)CC3[C@@H]21. The van der Waals surface area contributed by atoms with Gasteiger partial charge in [-0.2, -0.15) is 5.10 Å². The Balaban J connectivity index is 1.60. The maximum absolute atomic E-state index is 4.69. The predicted octanol–water partition coefficient (Wildman–Crippen LogP) is 2.98. The van der Waals surface area contributed by atoms with Gasteiger partial charge in [-0.15, -0.1) is 0 Å². The van der Waals surface area contributed by atoms with Crippen molar-refractivity contribution in [2.24, 2.45) is 23.7 Å². The molecule has 1 aliphatic heterocycles. The van der Waals surface area contributed by atoms with Gasteiger partial charge in [-0.25, -0.2) is 0 Å². The molecule has 2 saturated carbocycles. The van der Waals surface area contributed by atoms with Gasteiger partial charge in [0.05, 0.1) is 0 Å². The molecule has 0 spiro atoms. The number of fused-ring (bicyclic) bond motifs is 3. The second kappa shape index (κ2) is 4.20. The summed E-state index contributed by atoms with van der Waals surface area (Å²) in [6.45, 7) is 7.16. The lowest BCUT2D eigenvalue weighted by Gasteiger charge is -2.17. The fourth-order valence-electron chi connectivity index (χ4n) is 4.90. The van der Waals surface area contributed by atoms with E-state index in [1.165, 1.54) is 25.2 Å². The largest absolute Gasteiger partial charge is 0.306 e. The van der Waals surface area contributed by atoms with Crippen LogP contribution < -0.4 is 0 Å². The molecule has 1 aromatic rings. The van der Waals surface area contributed by atoms with Crippen LogP contribution in [-0.4, -0.2) is 34.8 Å². The predicted molar refractivity (Wildman–Crippen MR) is 84.1 cm³/mol. The van der Waals surface area contributed by atoms with Crippen LogP contribution in [0.15, 0.2) is 6.07 Å². The normalized spacial score (nSPS) is 40.8. The first-order valence-electron chi connectivity index (χ1n) is 7.49.